The molecule has 8 nitrogen and oxygen atoms in total. The number of fused-ring (bicyclic) bond motifs is 2. The number of rotatable bonds is 6. The molecule has 2 aliphatic heterocycles. The molecule has 4 heterocycles. The number of piperidine rings is 1. The van der Waals surface area contributed by atoms with Gasteiger partial charge in [-0.2, -0.15) is 0 Å². The van der Waals surface area contributed by atoms with Gasteiger partial charge in [0.1, 0.15) is 5.65 Å². The number of pyridine rings is 1. The Hall–Kier alpha value is -1.97. The van der Waals surface area contributed by atoms with E-state index < -0.39 is 10.0 Å². The fraction of sp³-hybridized carbons (Fsp3) is 0.600. The predicted octanol–water partition coefficient (Wildman–Crippen LogP) is 1.14. The van der Waals surface area contributed by atoms with E-state index in [4.69, 9.17) is 4.74 Å². The second-order valence-corrected chi connectivity index (χ2v) is 10.5. The maximum absolute atomic E-state index is 12.8. The predicted molar refractivity (Wildman–Crippen MR) is 107 cm³/mol. The van der Waals surface area contributed by atoms with Crippen molar-refractivity contribution in [3.05, 3.63) is 36.3 Å². The number of aromatic nitrogens is 2. The standard InChI is InChI=1S/C20H26N4O4S/c25-20(14-1-2-19-21-7-8-23(19)11-14)22-6-3-16-17-12-24(13-18(16)17)29(26,27)15-4-9-28-10-5-15/h1-2,7-8,11,15-18H,3-6,9-10,12-13H2,(H,22,25)/t16-,17-,18+. The zero-order chi connectivity index (χ0) is 20.0. The number of ether oxygens (including phenoxy) is 1. The van der Waals surface area contributed by atoms with Crippen LogP contribution in [0, 0.1) is 17.8 Å². The van der Waals surface area contributed by atoms with Crippen LogP contribution in [0.4, 0.5) is 0 Å². The first kappa shape index (κ1) is 19.0. The molecule has 9 heteroatoms. The lowest BCUT2D eigenvalue weighted by Gasteiger charge is -2.28. The molecule has 1 amide bonds. The number of hydrogen-bond donors (Lipinski definition) is 1. The number of hydrogen-bond acceptors (Lipinski definition) is 5. The van der Waals surface area contributed by atoms with Gasteiger partial charge in [-0.3, -0.25) is 4.79 Å². The van der Waals surface area contributed by atoms with Crippen molar-refractivity contribution in [2.75, 3.05) is 32.8 Å². The van der Waals surface area contributed by atoms with E-state index in [9.17, 15) is 13.2 Å². The molecule has 1 N–H and O–H groups in total. The van der Waals surface area contributed by atoms with E-state index in [-0.39, 0.29) is 11.2 Å². The Morgan fingerprint density at radius 1 is 1.21 bits per heavy atom. The number of carbonyl (C=O) groups excluding carboxylic acids is 1. The number of carbonyl (C=O) groups is 1. The van der Waals surface area contributed by atoms with E-state index in [1.54, 1.807) is 22.8 Å². The lowest BCUT2D eigenvalue weighted by molar-refractivity contribution is 0.0951. The Kier molecular flexibility index (Phi) is 4.84. The summed E-state index contributed by atoms with van der Waals surface area (Å²) in [5, 5.41) is 2.71. The van der Waals surface area contributed by atoms with Crippen molar-refractivity contribution >= 4 is 21.6 Å². The van der Waals surface area contributed by atoms with Gasteiger partial charge in [0, 0.05) is 51.4 Å². The Morgan fingerprint density at radius 2 is 1.97 bits per heavy atom. The summed E-state index contributed by atoms with van der Waals surface area (Å²) >= 11 is 0. The summed E-state index contributed by atoms with van der Waals surface area (Å²) in [6.45, 7) is 2.98. The van der Waals surface area contributed by atoms with Gasteiger partial charge >= 0.3 is 0 Å². The maximum Gasteiger partial charge on any atom is 0.252 e. The van der Waals surface area contributed by atoms with Gasteiger partial charge in [-0.05, 0) is 49.1 Å². The van der Waals surface area contributed by atoms with E-state index in [0.717, 1.165) is 12.1 Å². The monoisotopic (exact) mass is 418 g/mol. The van der Waals surface area contributed by atoms with Crippen LogP contribution in [0.1, 0.15) is 29.6 Å². The number of amides is 1. The average Bonchev–Trinajstić information content (AvgIpc) is 3.10. The summed E-state index contributed by atoms with van der Waals surface area (Å²) in [6.07, 6.45) is 7.41. The van der Waals surface area contributed by atoms with Crippen LogP contribution >= 0.6 is 0 Å². The molecular formula is C20H26N4O4S. The SMILES string of the molecule is O=C(NCC[C@@H]1[C@H]2CN(S(=O)(=O)C3CCOCC3)C[C@@H]12)c1ccc2nccn2c1. The quantitative estimate of drug-likeness (QED) is 0.759. The van der Waals surface area contributed by atoms with Gasteiger partial charge in [0.25, 0.3) is 5.91 Å². The minimum absolute atomic E-state index is 0.0878. The molecule has 1 aliphatic carbocycles. The molecule has 5 rings (SSSR count). The van der Waals surface area contributed by atoms with Crippen LogP contribution < -0.4 is 5.32 Å². The molecule has 2 aromatic heterocycles. The molecule has 3 atom stereocenters. The van der Waals surface area contributed by atoms with Crippen molar-refractivity contribution in [1.29, 1.82) is 0 Å². The molecule has 2 aromatic rings. The van der Waals surface area contributed by atoms with Crippen LogP contribution in [0.15, 0.2) is 30.7 Å². The van der Waals surface area contributed by atoms with E-state index in [2.05, 4.69) is 10.3 Å². The van der Waals surface area contributed by atoms with Crippen LogP contribution in [0.5, 0.6) is 0 Å². The highest BCUT2D eigenvalue weighted by Crippen LogP contribution is 2.54. The van der Waals surface area contributed by atoms with Crippen LogP contribution in [0.2, 0.25) is 0 Å². The van der Waals surface area contributed by atoms with Crippen molar-refractivity contribution in [3.8, 4) is 0 Å². The Balaban J connectivity index is 1.09. The minimum atomic E-state index is -3.19. The maximum atomic E-state index is 12.8. The second-order valence-electron chi connectivity index (χ2n) is 8.32. The highest BCUT2D eigenvalue weighted by atomic mass is 32.2. The lowest BCUT2D eigenvalue weighted by atomic mass is 10.2. The van der Waals surface area contributed by atoms with Crippen LogP contribution in [0.25, 0.3) is 5.65 Å². The van der Waals surface area contributed by atoms with Gasteiger partial charge in [0.05, 0.1) is 10.8 Å². The largest absolute Gasteiger partial charge is 0.381 e. The normalized spacial score (nSPS) is 27.8. The van der Waals surface area contributed by atoms with E-state index >= 15 is 0 Å². The van der Waals surface area contributed by atoms with Crippen LogP contribution in [-0.2, 0) is 14.8 Å². The third kappa shape index (κ3) is 3.55. The molecule has 29 heavy (non-hydrogen) atoms. The summed E-state index contributed by atoms with van der Waals surface area (Å²) in [4.78, 5) is 16.6. The molecular weight excluding hydrogens is 392 g/mol. The summed E-state index contributed by atoms with van der Waals surface area (Å²) in [5.41, 5.74) is 1.42. The molecule has 0 spiro atoms. The number of imidazole rings is 1. The fourth-order valence-corrected chi connectivity index (χ4v) is 6.91. The van der Waals surface area contributed by atoms with Crippen molar-refractivity contribution in [2.45, 2.75) is 24.5 Å². The Morgan fingerprint density at radius 3 is 2.72 bits per heavy atom. The topological polar surface area (TPSA) is 93.0 Å². The molecule has 3 fully saturated rings. The summed E-state index contributed by atoms with van der Waals surface area (Å²) in [5.74, 6) is 1.33. The van der Waals surface area contributed by atoms with Gasteiger partial charge in [0.15, 0.2) is 0 Å². The molecule has 1 saturated carbocycles. The molecule has 2 saturated heterocycles. The van der Waals surface area contributed by atoms with Crippen LogP contribution in [0.3, 0.4) is 0 Å². The average molecular weight is 419 g/mol. The summed E-state index contributed by atoms with van der Waals surface area (Å²) in [7, 11) is -3.19. The number of nitrogens with one attached hydrogen (secondary N) is 1. The minimum Gasteiger partial charge on any atom is -0.381 e. The Bertz CT molecular complexity index is 1000. The summed E-state index contributed by atoms with van der Waals surface area (Å²) in [6, 6.07) is 3.61. The van der Waals surface area contributed by atoms with E-state index in [0.29, 0.717) is 69.0 Å². The first-order valence-electron chi connectivity index (χ1n) is 10.3. The van der Waals surface area contributed by atoms with Gasteiger partial charge in [-0.1, -0.05) is 0 Å². The second kappa shape index (κ2) is 7.37. The zero-order valence-electron chi connectivity index (χ0n) is 16.2. The van der Waals surface area contributed by atoms with Crippen LogP contribution in [-0.4, -0.2) is 66.1 Å². The first-order valence-corrected chi connectivity index (χ1v) is 11.8. The lowest BCUT2D eigenvalue weighted by Crippen LogP contribution is -2.41. The smallest absolute Gasteiger partial charge is 0.252 e. The van der Waals surface area contributed by atoms with Gasteiger partial charge in [-0.15, -0.1) is 0 Å². The zero-order valence-corrected chi connectivity index (χ0v) is 17.1. The fourth-order valence-electron chi connectivity index (χ4n) is 4.94. The van der Waals surface area contributed by atoms with Crippen molar-refractivity contribution in [2.24, 2.45) is 17.8 Å². The third-order valence-corrected chi connectivity index (χ3v) is 9.03. The molecule has 3 aliphatic rings. The number of sulfonamides is 1. The van der Waals surface area contributed by atoms with Crippen molar-refractivity contribution in [1.82, 2.24) is 19.0 Å². The van der Waals surface area contributed by atoms with Gasteiger partial charge < -0.3 is 14.5 Å². The van der Waals surface area contributed by atoms with E-state index in [1.165, 1.54) is 0 Å². The highest BCUT2D eigenvalue weighted by molar-refractivity contribution is 7.89. The van der Waals surface area contributed by atoms with Crippen molar-refractivity contribution in [3.63, 3.8) is 0 Å². The highest BCUT2D eigenvalue weighted by Gasteiger charge is 2.57. The summed E-state index contributed by atoms with van der Waals surface area (Å²) < 4.78 is 34.4. The van der Waals surface area contributed by atoms with Crippen molar-refractivity contribution < 1.29 is 17.9 Å². The van der Waals surface area contributed by atoms with Gasteiger partial charge in [0.2, 0.25) is 10.0 Å². The molecule has 0 radical (unpaired) electrons. The van der Waals surface area contributed by atoms with E-state index in [1.807, 2.05) is 16.7 Å². The molecule has 0 bridgehead atoms. The van der Waals surface area contributed by atoms with Gasteiger partial charge in [-0.25, -0.2) is 17.7 Å². The Labute approximate surface area is 170 Å². The first-order chi connectivity index (χ1) is 14.0. The molecule has 156 valence electrons. The third-order valence-electron chi connectivity index (χ3n) is 6.70. The molecule has 0 unspecified atom stereocenters. The number of nitrogens with zero attached hydrogens (tertiary/aromatic N) is 3. The molecule has 0 aromatic carbocycles.